The van der Waals surface area contributed by atoms with Crippen LogP contribution < -0.4 is 9.80 Å². The second kappa shape index (κ2) is 11.8. The van der Waals surface area contributed by atoms with Gasteiger partial charge < -0.3 is 18.6 Å². The van der Waals surface area contributed by atoms with Gasteiger partial charge >= 0.3 is 0 Å². The maximum Gasteiger partial charge on any atom is 0.0623 e. The molecule has 0 N–H and O–H groups in total. The first-order valence-corrected chi connectivity index (χ1v) is 19.6. The van der Waals surface area contributed by atoms with Gasteiger partial charge in [-0.05, 0) is 84.9 Å². The molecule has 9 aromatic carbocycles. The van der Waals surface area contributed by atoms with Crippen LogP contribution >= 0.6 is 0 Å². The number of hydrogen-bond acceptors (Lipinski definition) is 2. The van der Waals surface area contributed by atoms with Gasteiger partial charge in [0.1, 0.15) is 0 Å². The van der Waals surface area contributed by atoms with E-state index in [2.05, 4.69) is 104 Å². The molecule has 4 heterocycles. The van der Waals surface area contributed by atoms with Crippen molar-refractivity contribution in [2.45, 2.75) is 0 Å². The van der Waals surface area contributed by atoms with E-state index >= 15 is 0 Å². The Balaban J connectivity index is 1.07. The van der Waals surface area contributed by atoms with E-state index in [9.17, 15) is 0 Å². The zero-order valence-corrected chi connectivity index (χ0v) is 31.1. The van der Waals surface area contributed by atoms with Gasteiger partial charge in [-0.25, -0.2) is 0 Å². The van der Waals surface area contributed by atoms with Gasteiger partial charge in [-0.15, -0.1) is 0 Å². The van der Waals surface area contributed by atoms with Crippen LogP contribution in [0.15, 0.2) is 206 Å². The topological polar surface area (TPSA) is 15.3 Å². The first-order chi connectivity index (χ1) is 30.4. The lowest BCUT2D eigenvalue weighted by Crippen LogP contribution is -2.09. The average Bonchev–Trinajstić information content (AvgIpc) is 4.02. The monoisotopic (exact) mass is 742 g/mol. The normalized spacial score (nSPS) is 13.1. The summed E-state index contributed by atoms with van der Waals surface area (Å²) in [5.41, 5.74) is 12.7. The maximum atomic E-state index is 8.17. The van der Waals surface area contributed by atoms with Crippen molar-refractivity contribution in [1.82, 2.24) is 8.80 Å². The van der Waals surface area contributed by atoms with Crippen LogP contribution in [-0.2, 0) is 0 Å². The summed E-state index contributed by atoms with van der Waals surface area (Å²) in [6, 6.07) is 63.7. The van der Waals surface area contributed by atoms with Crippen LogP contribution in [0.2, 0.25) is 0 Å². The number of benzene rings is 9. The number of para-hydroxylation sites is 6. The molecule has 58 heavy (non-hydrogen) atoms. The molecule has 0 spiro atoms. The Hall–Kier alpha value is -7.82. The predicted molar refractivity (Wildman–Crippen MR) is 245 cm³/mol. The molecule has 270 valence electrons. The summed E-state index contributed by atoms with van der Waals surface area (Å²) >= 11 is 0. The van der Waals surface area contributed by atoms with E-state index in [0.29, 0.717) is 24.2 Å². The van der Waals surface area contributed by atoms with E-state index in [1.165, 1.54) is 54.1 Å². The molecule has 0 aliphatic rings. The predicted octanol–water partition coefficient (Wildman–Crippen LogP) is 14.9. The molecule has 4 heteroatoms. The lowest BCUT2D eigenvalue weighted by molar-refractivity contribution is 1.28. The van der Waals surface area contributed by atoms with E-state index in [0.717, 1.165) is 56.2 Å². The smallest absolute Gasteiger partial charge is 0.0623 e. The van der Waals surface area contributed by atoms with Gasteiger partial charge in [-0.1, -0.05) is 121 Å². The van der Waals surface area contributed by atoms with Crippen LogP contribution in [0.3, 0.4) is 0 Å². The molecule has 0 aliphatic carbocycles. The van der Waals surface area contributed by atoms with Gasteiger partial charge in [0.25, 0.3) is 0 Å². The third-order valence-corrected chi connectivity index (χ3v) is 12.1. The van der Waals surface area contributed by atoms with Crippen molar-refractivity contribution >= 4 is 110 Å². The van der Waals surface area contributed by atoms with E-state index in [1.54, 1.807) is 0 Å². The SMILES string of the molecule is [2H]c1ccc(N(c2ccc([2H])cc2)c2ccc3c4cccc5c6cc7c(cc6n(c3c2)c45)c2cccc3c4ccc(N(c5ccc([2H])cc5)c5ccc([2H])cc5)cc4n7c32)cc1. The van der Waals surface area contributed by atoms with Crippen molar-refractivity contribution in [3.05, 3.63) is 206 Å². The van der Waals surface area contributed by atoms with Crippen LogP contribution in [0.1, 0.15) is 5.48 Å². The molecule has 0 saturated heterocycles. The molecular weight excluding hydrogens is 705 g/mol. The zero-order valence-electron chi connectivity index (χ0n) is 35.1. The first kappa shape index (κ1) is 27.7. The highest BCUT2D eigenvalue weighted by atomic mass is 15.1. The van der Waals surface area contributed by atoms with Crippen LogP contribution in [-0.4, -0.2) is 8.80 Å². The van der Waals surface area contributed by atoms with Gasteiger partial charge in [0, 0.05) is 77.2 Å². The largest absolute Gasteiger partial charge is 0.310 e. The average molecular weight is 743 g/mol. The highest BCUT2D eigenvalue weighted by Crippen LogP contribution is 2.47. The maximum absolute atomic E-state index is 8.17. The molecule has 0 radical (unpaired) electrons. The van der Waals surface area contributed by atoms with Gasteiger partial charge in [0.2, 0.25) is 0 Å². The molecular formula is C54H34N4. The van der Waals surface area contributed by atoms with E-state index in [4.69, 9.17) is 5.48 Å². The number of aromatic nitrogens is 2. The fourth-order valence-electron chi connectivity index (χ4n) is 9.70. The van der Waals surface area contributed by atoms with Crippen LogP contribution in [0.25, 0.3) is 76.2 Å². The van der Waals surface area contributed by atoms with E-state index in [1.807, 2.05) is 97.1 Å². The fourth-order valence-corrected chi connectivity index (χ4v) is 9.70. The lowest BCUT2D eigenvalue weighted by Gasteiger charge is -2.25. The molecule has 0 atom stereocenters. The van der Waals surface area contributed by atoms with Gasteiger partial charge in [0.05, 0.1) is 38.6 Å². The Kier molecular flexibility index (Phi) is 5.66. The van der Waals surface area contributed by atoms with Crippen molar-refractivity contribution < 1.29 is 5.48 Å². The molecule has 0 saturated carbocycles. The highest BCUT2D eigenvalue weighted by molar-refractivity contribution is 6.29. The third-order valence-electron chi connectivity index (χ3n) is 12.1. The molecule has 13 rings (SSSR count). The minimum atomic E-state index is 0.457. The lowest BCUT2D eigenvalue weighted by atomic mass is 10.0. The fraction of sp³-hybridized carbons (Fsp3) is 0. The Labute approximate surface area is 339 Å². The van der Waals surface area contributed by atoms with E-state index in [-0.39, 0.29) is 0 Å². The Morgan fingerprint density at radius 1 is 0.276 bits per heavy atom. The molecule has 0 aliphatic heterocycles. The van der Waals surface area contributed by atoms with Crippen molar-refractivity contribution in [1.29, 1.82) is 0 Å². The minimum Gasteiger partial charge on any atom is -0.310 e. The van der Waals surface area contributed by atoms with Crippen molar-refractivity contribution in [2.24, 2.45) is 0 Å². The number of rotatable bonds is 6. The Morgan fingerprint density at radius 3 is 0.931 bits per heavy atom. The van der Waals surface area contributed by atoms with Gasteiger partial charge in [-0.2, -0.15) is 0 Å². The van der Waals surface area contributed by atoms with Crippen LogP contribution in [0, 0.1) is 0 Å². The summed E-state index contributed by atoms with van der Waals surface area (Å²) in [7, 11) is 0. The second-order valence-corrected chi connectivity index (χ2v) is 15.1. The molecule has 0 bridgehead atoms. The molecule has 0 fully saturated rings. The third kappa shape index (κ3) is 4.29. The summed E-state index contributed by atoms with van der Waals surface area (Å²) in [4.78, 5) is 4.40. The van der Waals surface area contributed by atoms with Gasteiger partial charge in [0.15, 0.2) is 0 Å². The van der Waals surface area contributed by atoms with E-state index < -0.39 is 0 Å². The highest BCUT2D eigenvalue weighted by Gasteiger charge is 2.24. The van der Waals surface area contributed by atoms with Crippen LogP contribution in [0.4, 0.5) is 34.1 Å². The molecule has 0 unspecified atom stereocenters. The van der Waals surface area contributed by atoms with Gasteiger partial charge in [-0.3, -0.25) is 0 Å². The number of anilines is 6. The standard InChI is InChI=1S/C54H34N4/c1-5-15-35(16-6-1)55(36-17-7-2-8-18-36)39-27-29-41-43-23-13-25-45-47-34-52-48(33-51(47)57(53(43)45)49(41)31-39)46-26-14-24-44-42-30-28-40(32-50(42)58(52)54(44)46)56(37-19-9-3-10-20-37)38-21-11-4-12-22-38/h1-34H/i1D,2D,3D,4D. The minimum absolute atomic E-state index is 0.457. The summed E-state index contributed by atoms with van der Waals surface area (Å²) in [5, 5.41) is 9.59. The molecule has 13 aromatic rings. The summed E-state index contributed by atoms with van der Waals surface area (Å²) in [6.07, 6.45) is 0. The number of nitrogens with zero attached hydrogens (tertiary/aromatic N) is 4. The molecule has 4 aromatic heterocycles. The second-order valence-electron chi connectivity index (χ2n) is 15.1. The summed E-state index contributed by atoms with van der Waals surface area (Å²) in [6.45, 7) is 0. The van der Waals surface area contributed by atoms with Crippen molar-refractivity contribution in [3.63, 3.8) is 0 Å². The summed E-state index contributed by atoms with van der Waals surface area (Å²) in [5.74, 6) is 0. The Morgan fingerprint density at radius 2 is 0.586 bits per heavy atom. The molecule has 0 amide bonds. The quantitative estimate of drug-likeness (QED) is 0.169. The van der Waals surface area contributed by atoms with Crippen LogP contribution in [0.5, 0.6) is 0 Å². The van der Waals surface area contributed by atoms with Crippen molar-refractivity contribution in [2.75, 3.05) is 9.80 Å². The van der Waals surface area contributed by atoms with Crippen molar-refractivity contribution in [3.8, 4) is 0 Å². The number of fused-ring (bicyclic) bond motifs is 12. The zero-order chi connectivity index (χ0) is 41.4. The summed E-state index contributed by atoms with van der Waals surface area (Å²) < 4.78 is 37.6. The Bertz CT molecular complexity index is 3540. The number of hydrogen-bond donors (Lipinski definition) is 0. The molecule has 4 nitrogen and oxygen atoms in total. The first-order valence-electron chi connectivity index (χ1n) is 21.6.